The summed E-state index contributed by atoms with van der Waals surface area (Å²) in [5.41, 5.74) is 6.63. The third-order valence-corrected chi connectivity index (χ3v) is 3.47. The second-order valence-electron chi connectivity index (χ2n) is 4.18. The maximum Gasteiger partial charge on any atom is 0.227 e. The Morgan fingerprint density at radius 2 is 2.11 bits per heavy atom. The van der Waals surface area contributed by atoms with Gasteiger partial charge in [0, 0.05) is 16.0 Å². The monoisotopic (exact) mass is 327 g/mol. The summed E-state index contributed by atoms with van der Waals surface area (Å²) in [6.45, 7) is 3.94. The normalized spacial score (nSPS) is 11.7. The summed E-state index contributed by atoms with van der Waals surface area (Å²) in [6, 6.07) is 5.20. The van der Waals surface area contributed by atoms with E-state index in [9.17, 15) is 4.79 Å². The number of nitrogens with zero attached hydrogens (tertiary/aromatic N) is 1. The lowest BCUT2D eigenvalue weighted by Gasteiger charge is -2.15. The Hall–Kier alpha value is -1.56. The summed E-state index contributed by atoms with van der Waals surface area (Å²) in [5, 5.41) is 14.6. The van der Waals surface area contributed by atoms with Crippen molar-refractivity contribution in [3.63, 3.8) is 0 Å². The van der Waals surface area contributed by atoms with Crippen LogP contribution in [0.4, 0.5) is 5.69 Å². The highest BCUT2D eigenvalue weighted by Crippen LogP contribution is 2.22. The maximum absolute atomic E-state index is 12.1. The molecule has 19 heavy (non-hydrogen) atoms. The molecule has 4 N–H and O–H groups in total. The van der Waals surface area contributed by atoms with Crippen LogP contribution in [-0.2, 0) is 4.79 Å². The molecule has 5 nitrogen and oxygen atoms in total. The second kappa shape index (κ2) is 7.13. The van der Waals surface area contributed by atoms with Gasteiger partial charge < -0.3 is 16.3 Å². The average Bonchev–Trinajstić information content (AvgIpc) is 2.41. The first-order chi connectivity index (χ1) is 9.03. The lowest BCUT2D eigenvalue weighted by Crippen LogP contribution is -2.24. The van der Waals surface area contributed by atoms with Gasteiger partial charge in [-0.05, 0) is 31.0 Å². The van der Waals surface area contributed by atoms with E-state index in [1.165, 1.54) is 0 Å². The summed E-state index contributed by atoms with van der Waals surface area (Å²) >= 11 is 3.31. The average molecular weight is 328 g/mol. The van der Waals surface area contributed by atoms with Crippen molar-refractivity contribution in [3.8, 4) is 0 Å². The van der Waals surface area contributed by atoms with Crippen LogP contribution in [0.1, 0.15) is 32.3 Å². The summed E-state index contributed by atoms with van der Waals surface area (Å²) in [5.74, 6) is -0.135. The minimum atomic E-state index is -0.0562. The van der Waals surface area contributed by atoms with E-state index in [0.29, 0.717) is 11.3 Å². The summed E-state index contributed by atoms with van der Waals surface area (Å²) in [4.78, 5) is 12.1. The van der Waals surface area contributed by atoms with Crippen LogP contribution in [0.5, 0.6) is 0 Å². The highest BCUT2D eigenvalue weighted by Gasteiger charge is 2.16. The number of hydrogen-bond donors (Lipinski definition) is 3. The molecule has 0 radical (unpaired) electrons. The van der Waals surface area contributed by atoms with Crippen molar-refractivity contribution in [2.75, 3.05) is 5.32 Å². The molecule has 6 heteroatoms. The largest absolute Gasteiger partial charge is 0.409 e. The first-order valence-electron chi connectivity index (χ1n) is 6.11. The van der Waals surface area contributed by atoms with Crippen molar-refractivity contribution in [2.24, 2.45) is 16.8 Å². The molecule has 0 aliphatic rings. The molecule has 1 aromatic carbocycles. The predicted molar refractivity (Wildman–Crippen MR) is 79.4 cm³/mol. The quantitative estimate of drug-likeness (QED) is 0.336. The smallest absolute Gasteiger partial charge is 0.227 e. The molecule has 0 spiro atoms. The molecule has 0 heterocycles. The van der Waals surface area contributed by atoms with Crippen LogP contribution in [0.25, 0.3) is 0 Å². The Morgan fingerprint density at radius 3 is 2.63 bits per heavy atom. The van der Waals surface area contributed by atoms with Crippen molar-refractivity contribution in [1.29, 1.82) is 0 Å². The predicted octanol–water partition coefficient (Wildman–Crippen LogP) is 2.92. The van der Waals surface area contributed by atoms with Crippen LogP contribution in [0.2, 0.25) is 0 Å². The van der Waals surface area contributed by atoms with Crippen molar-refractivity contribution >= 4 is 33.4 Å². The van der Waals surface area contributed by atoms with E-state index in [4.69, 9.17) is 10.9 Å². The van der Waals surface area contributed by atoms with Gasteiger partial charge in [-0.15, -0.1) is 0 Å². The van der Waals surface area contributed by atoms with Gasteiger partial charge in [-0.1, -0.05) is 34.9 Å². The fourth-order valence-electron chi connectivity index (χ4n) is 1.79. The first-order valence-corrected chi connectivity index (χ1v) is 6.91. The van der Waals surface area contributed by atoms with Crippen molar-refractivity contribution < 1.29 is 10.0 Å². The lowest BCUT2D eigenvalue weighted by atomic mass is 10.0. The van der Waals surface area contributed by atoms with Gasteiger partial charge in [0.25, 0.3) is 0 Å². The van der Waals surface area contributed by atoms with Crippen molar-refractivity contribution in [3.05, 3.63) is 28.2 Å². The summed E-state index contributed by atoms with van der Waals surface area (Å²) < 4.78 is 0.787. The van der Waals surface area contributed by atoms with Gasteiger partial charge in [-0.2, -0.15) is 0 Å². The molecule has 0 aliphatic heterocycles. The molecular formula is C13H18BrN3O2. The molecule has 0 saturated heterocycles. The molecular weight excluding hydrogens is 310 g/mol. The number of oxime groups is 1. The summed E-state index contributed by atoms with van der Waals surface area (Å²) in [7, 11) is 0. The van der Waals surface area contributed by atoms with Gasteiger partial charge in [0.1, 0.15) is 0 Å². The molecule has 0 aromatic heterocycles. The number of anilines is 1. The number of nitrogens with one attached hydrogen (secondary N) is 1. The van der Waals surface area contributed by atoms with Crippen LogP contribution in [0, 0.1) is 5.92 Å². The Morgan fingerprint density at radius 1 is 1.47 bits per heavy atom. The van der Waals surface area contributed by atoms with Gasteiger partial charge in [-0.25, -0.2) is 0 Å². The van der Waals surface area contributed by atoms with Gasteiger partial charge in [-0.3, -0.25) is 4.79 Å². The van der Waals surface area contributed by atoms with Crippen LogP contribution in [0.3, 0.4) is 0 Å². The van der Waals surface area contributed by atoms with Crippen LogP contribution >= 0.6 is 15.9 Å². The Labute approximate surface area is 121 Å². The molecule has 0 atom stereocenters. The molecule has 0 bridgehead atoms. The number of carbonyl (C=O) groups is 1. The second-order valence-corrected chi connectivity index (χ2v) is 5.09. The molecule has 0 aliphatic carbocycles. The minimum Gasteiger partial charge on any atom is -0.409 e. The minimum absolute atomic E-state index is 0.0382. The Kier molecular flexibility index (Phi) is 5.82. The van der Waals surface area contributed by atoms with Crippen LogP contribution in [0.15, 0.2) is 27.8 Å². The number of benzene rings is 1. The number of rotatable bonds is 5. The fourth-order valence-corrected chi connectivity index (χ4v) is 2.15. The zero-order chi connectivity index (χ0) is 14.4. The van der Waals surface area contributed by atoms with Crippen LogP contribution in [-0.4, -0.2) is 17.0 Å². The molecule has 0 unspecified atom stereocenters. The summed E-state index contributed by atoms with van der Waals surface area (Å²) in [6.07, 6.45) is 1.55. The fraction of sp³-hybridized carbons (Fsp3) is 0.385. The van der Waals surface area contributed by atoms with E-state index in [2.05, 4.69) is 26.4 Å². The number of hydrogen-bond acceptors (Lipinski definition) is 3. The molecule has 0 fully saturated rings. The van der Waals surface area contributed by atoms with E-state index in [0.717, 1.165) is 17.3 Å². The topological polar surface area (TPSA) is 87.7 Å². The standard InChI is InChI=1S/C13H18BrN3O2/c1-3-8(4-2)13(18)16-11-6-5-9(14)7-10(11)12(15)17-19/h5-8,19H,3-4H2,1-2H3,(H2,15,17)(H,16,18). The molecule has 1 amide bonds. The van der Waals surface area contributed by atoms with E-state index in [-0.39, 0.29) is 17.7 Å². The Bertz CT molecular complexity index is 485. The number of nitrogens with two attached hydrogens (primary N) is 1. The van der Waals surface area contributed by atoms with Crippen LogP contribution < -0.4 is 11.1 Å². The van der Waals surface area contributed by atoms with Crippen molar-refractivity contribution in [2.45, 2.75) is 26.7 Å². The molecule has 0 saturated carbocycles. The lowest BCUT2D eigenvalue weighted by molar-refractivity contribution is -0.120. The number of halogens is 1. The maximum atomic E-state index is 12.1. The van der Waals surface area contributed by atoms with E-state index < -0.39 is 0 Å². The molecule has 1 rings (SSSR count). The SMILES string of the molecule is CCC(CC)C(=O)Nc1ccc(Br)cc1/C(N)=N/O. The van der Waals surface area contributed by atoms with Gasteiger partial charge in [0.2, 0.25) is 5.91 Å². The zero-order valence-electron chi connectivity index (χ0n) is 11.0. The number of carbonyl (C=O) groups excluding carboxylic acids is 1. The van der Waals surface area contributed by atoms with E-state index in [1.807, 2.05) is 13.8 Å². The van der Waals surface area contributed by atoms with Gasteiger partial charge >= 0.3 is 0 Å². The van der Waals surface area contributed by atoms with Gasteiger partial charge in [0.05, 0.1) is 5.69 Å². The number of amides is 1. The molecule has 104 valence electrons. The van der Waals surface area contributed by atoms with Crippen molar-refractivity contribution in [1.82, 2.24) is 0 Å². The van der Waals surface area contributed by atoms with E-state index >= 15 is 0 Å². The number of amidine groups is 1. The van der Waals surface area contributed by atoms with Gasteiger partial charge in [0.15, 0.2) is 5.84 Å². The highest BCUT2D eigenvalue weighted by molar-refractivity contribution is 9.10. The zero-order valence-corrected chi connectivity index (χ0v) is 12.6. The Balaban J connectivity index is 3.04. The third-order valence-electron chi connectivity index (χ3n) is 2.98. The molecule has 1 aromatic rings. The van der Waals surface area contributed by atoms with E-state index in [1.54, 1.807) is 18.2 Å². The highest BCUT2D eigenvalue weighted by atomic mass is 79.9. The third kappa shape index (κ3) is 3.96. The first kappa shape index (κ1) is 15.5.